The van der Waals surface area contributed by atoms with Crippen LogP contribution in [0.1, 0.15) is 31.7 Å². The molecule has 3 N–H and O–H groups in total. The summed E-state index contributed by atoms with van der Waals surface area (Å²) in [6.45, 7) is 2.31. The van der Waals surface area contributed by atoms with Crippen LogP contribution >= 0.6 is 23.2 Å². The van der Waals surface area contributed by atoms with Crippen molar-refractivity contribution in [2.24, 2.45) is 17.7 Å². The van der Waals surface area contributed by atoms with Gasteiger partial charge in [-0.05, 0) is 36.3 Å². The second-order valence-corrected chi connectivity index (χ2v) is 6.05. The molecule has 0 spiro atoms. The van der Waals surface area contributed by atoms with Crippen LogP contribution in [-0.4, -0.2) is 6.04 Å². The normalized spacial score (nSPS) is 25.3. The lowest BCUT2D eigenvalue weighted by Gasteiger charge is -2.26. The van der Waals surface area contributed by atoms with E-state index in [0.717, 1.165) is 17.9 Å². The summed E-state index contributed by atoms with van der Waals surface area (Å²) < 4.78 is 0. The molecule has 0 amide bonds. The molecule has 0 aromatic heterocycles. The van der Waals surface area contributed by atoms with Gasteiger partial charge in [0.2, 0.25) is 0 Å². The maximum atomic E-state index is 6.24. The first-order chi connectivity index (χ1) is 8.63. The quantitative estimate of drug-likeness (QED) is 0.653. The molecule has 1 aliphatic rings. The molecule has 0 aliphatic heterocycles. The van der Waals surface area contributed by atoms with Gasteiger partial charge in [-0.1, -0.05) is 55.1 Å². The molecule has 1 fully saturated rings. The lowest BCUT2D eigenvalue weighted by Crippen LogP contribution is -2.43. The lowest BCUT2D eigenvalue weighted by atomic mass is 9.87. The summed E-state index contributed by atoms with van der Waals surface area (Å²) in [6.07, 6.45) is 4.68. The first-order valence-electron chi connectivity index (χ1n) is 6.52. The van der Waals surface area contributed by atoms with Crippen LogP contribution < -0.4 is 11.3 Å². The van der Waals surface area contributed by atoms with Crippen LogP contribution in [0, 0.1) is 11.8 Å². The zero-order valence-corrected chi connectivity index (χ0v) is 12.1. The molecule has 3 atom stereocenters. The number of nitrogens with two attached hydrogens (primary N) is 1. The maximum absolute atomic E-state index is 6.24. The Morgan fingerprint density at radius 2 is 2.17 bits per heavy atom. The minimum absolute atomic E-state index is 0.276. The van der Waals surface area contributed by atoms with Gasteiger partial charge in [-0.25, -0.2) is 0 Å². The second-order valence-electron chi connectivity index (χ2n) is 5.26. The van der Waals surface area contributed by atoms with Gasteiger partial charge in [-0.3, -0.25) is 11.3 Å². The Labute approximate surface area is 119 Å². The van der Waals surface area contributed by atoms with E-state index in [9.17, 15) is 0 Å². The largest absolute Gasteiger partial charge is 0.271 e. The van der Waals surface area contributed by atoms with Crippen molar-refractivity contribution in [2.45, 2.75) is 38.6 Å². The topological polar surface area (TPSA) is 38.0 Å². The summed E-state index contributed by atoms with van der Waals surface area (Å²) in [7, 11) is 0. The van der Waals surface area contributed by atoms with Crippen molar-refractivity contribution in [1.82, 2.24) is 5.43 Å². The molecule has 18 heavy (non-hydrogen) atoms. The summed E-state index contributed by atoms with van der Waals surface area (Å²) in [5.74, 6) is 7.08. The van der Waals surface area contributed by atoms with E-state index in [1.807, 2.05) is 18.2 Å². The van der Waals surface area contributed by atoms with Gasteiger partial charge in [0.05, 0.1) is 10.0 Å². The van der Waals surface area contributed by atoms with Crippen molar-refractivity contribution in [3.8, 4) is 0 Å². The van der Waals surface area contributed by atoms with E-state index in [4.69, 9.17) is 29.0 Å². The Kier molecular flexibility index (Phi) is 4.91. The van der Waals surface area contributed by atoms with Crippen molar-refractivity contribution in [3.63, 3.8) is 0 Å². The first kappa shape index (κ1) is 14.1. The van der Waals surface area contributed by atoms with E-state index in [1.54, 1.807) is 0 Å². The van der Waals surface area contributed by atoms with Gasteiger partial charge < -0.3 is 0 Å². The number of nitrogens with one attached hydrogen (secondary N) is 1. The predicted octanol–water partition coefficient (Wildman–Crippen LogP) is 3.80. The Bertz CT molecular complexity index is 409. The average Bonchev–Trinajstić information content (AvgIpc) is 2.77. The highest BCUT2D eigenvalue weighted by Crippen LogP contribution is 2.35. The van der Waals surface area contributed by atoms with E-state index in [-0.39, 0.29) is 6.04 Å². The van der Waals surface area contributed by atoms with Gasteiger partial charge in [0.1, 0.15) is 0 Å². The number of hydrogen-bond acceptors (Lipinski definition) is 2. The molecule has 1 saturated carbocycles. The number of halogens is 2. The van der Waals surface area contributed by atoms with E-state index >= 15 is 0 Å². The van der Waals surface area contributed by atoms with Crippen molar-refractivity contribution in [1.29, 1.82) is 0 Å². The molecule has 1 aromatic carbocycles. The number of hydrogen-bond donors (Lipinski definition) is 2. The minimum Gasteiger partial charge on any atom is -0.271 e. The van der Waals surface area contributed by atoms with Gasteiger partial charge >= 0.3 is 0 Å². The molecule has 2 rings (SSSR count). The van der Waals surface area contributed by atoms with Crippen LogP contribution in [0.3, 0.4) is 0 Å². The third-order valence-electron chi connectivity index (χ3n) is 4.13. The van der Waals surface area contributed by atoms with Gasteiger partial charge in [-0.2, -0.15) is 0 Å². The Balaban J connectivity index is 2.12. The highest BCUT2D eigenvalue weighted by Gasteiger charge is 2.30. The molecule has 0 bridgehead atoms. The minimum atomic E-state index is 0.276. The van der Waals surface area contributed by atoms with Gasteiger partial charge in [0.25, 0.3) is 0 Å². The van der Waals surface area contributed by atoms with Crippen LogP contribution in [-0.2, 0) is 6.42 Å². The molecule has 1 aliphatic carbocycles. The third kappa shape index (κ3) is 3.00. The monoisotopic (exact) mass is 286 g/mol. The van der Waals surface area contributed by atoms with Crippen LogP contribution in [0.2, 0.25) is 10.0 Å². The molecule has 0 heterocycles. The predicted molar refractivity (Wildman–Crippen MR) is 77.8 cm³/mol. The third-order valence-corrected chi connectivity index (χ3v) is 4.99. The maximum Gasteiger partial charge on any atom is 0.0624 e. The molecule has 0 saturated heterocycles. The van der Waals surface area contributed by atoms with Gasteiger partial charge in [0, 0.05) is 6.04 Å². The molecule has 0 radical (unpaired) electrons. The van der Waals surface area contributed by atoms with Crippen LogP contribution in [0.15, 0.2) is 18.2 Å². The number of benzene rings is 1. The van der Waals surface area contributed by atoms with Crippen LogP contribution in [0.4, 0.5) is 0 Å². The van der Waals surface area contributed by atoms with E-state index in [2.05, 4.69) is 12.3 Å². The Hall–Kier alpha value is -0.280. The van der Waals surface area contributed by atoms with Crippen molar-refractivity contribution in [2.75, 3.05) is 0 Å². The zero-order valence-electron chi connectivity index (χ0n) is 10.6. The Morgan fingerprint density at radius 3 is 2.78 bits per heavy atom. The zero-order chi connectivity index (χ0) is 13.1. The molecule has 100 valence electrons. The smallest absolute Gasteiger partial charge is 0.0624 e. The molecule has 1 aromatic rings. The first-order valence-corrected chi connectivity index (χ1v) is 7.28. The summed E-state index contributed by atoms with van der Waals surface area (Å²) in [5, 5.41) is 1.27. The van der Waals surface area contributed by atoms with Gasteiger partial charge in [0.15, 0.2) is 0 Å². The molecule has 2 nitrogen and oxygen atoms in total. The Morgan fingerprint density at radius 1 is 1.39 bits per heavy atom. The van der Waals surface area contributed by atoms with Gasteiger partial charge in [-0.15, -0.1) is 0 Å². The molecular weight excluding hydrogens is 267 g/mol. The highest BCUT2D eigenvalue weighted by atomic mass is 35.5. The van der Waals surface area contributed by atoms with Crippen LogP contribution in [0.5, 0.6) is 0 Å². The average molecular weight is 287 g/mol. The molecule has 3 unspecified atom stereocenters. The molecular formula is C14H20Cl2N2. The fraction of sp³-hybridized carbons (Fsp3) is 0.571. The SMILES string of the molecule is CC1CCCC1C(Cc1cccc(Cl)c1Cl)NN. The van der Waals surface area contributed by atoms with E-state index < -0.39 is 0 Å². The fourth-order valence-corrected chi connectivity index (χ4v) is 3.45. The fourth-order valence-electron chi connectivity index (χ4n) is 3.05. The van der Waals surface area contributed by atoms with Crippen molar-refractivity contribution < 1.29 is 0 Å². The number of rotatable bonds is 4. The standard InChI is InChI=1S/C14H20Cl2N2/c1-9-4-2-6-11(9)13(18-17)8-10-5-3-7-12(15)14(10)16/h3,5,7,9,11,13,18H,2,4,6,8,17H2,1H3. The van der Waals surface area contributed by atoms with E-state index in [0.29, 0.717) is 16.0 Å². The second kappa shape index (κ2) is 6.25. The summed E-state index contributed by atoms with van der Waals surface area (Å²) in [6, 6.07) is 6.06. The summed E-state index contributed by atoms with van der Waals surface area (Å²) in [4.78, 5) is 0. The van der Waals surface area contributed by atoms with Crippen LogP contribution in [0.25, 0.3) is 0 Å². The van der Waals surface area contributed by atoms with Crippen molar-refractivity contribution in [3.05, 3.63) is 33.8 Å². The summed E-state index contributed by atoms with van der Waals surface area (Å²) >= 11 is 12.3. The molecule has 4 heteroatoms. The lowest BCUT2D eigenvalue weighted by molar-refractivity contribution is 0.297. The van der Waals surface area contributed by atoms with Crippen molar-refractivity contribution >= 4 is 23.2 Å². The highest BCUT2D eigenvalue weighted by molar-refractivity contribution is 6.42. The summed E-state index contributed by atoms with van der Waals surface area (Å²) in [5.41, 5.74) is 4.04. The number of hydrazine groups is 1. The van der Waals surface area contributed by atoms with E-state index in [1.165, 1.54) is 19.3 Å².